The van der Waals surface area contributed by atoms with Gasteiger partial charge >= 0.3 is 11.9 Å². The van der Waals surface area contributed by atoms with Crippen LogP contribution in [0.15, 0.2) is 36.4 Å². The van der Waals surface area contributed by atoms with Crippen LogP contribution in [-0.2, 0) is 33.4 Å². The third-order valence-electron chi connectivity index (χ3n) is 2.78. The Labute approximate surface area is 137 Å². The summed E-state index contributed by atoms with van der Waals surface area (Å²) >= 11 is 0. The maximum Gasteiger partial charge on any atom is 0.369 e. The zero-order chi connectivity index (χ0) is 17.5. The largest absolute Gasteiger partial charge is 0.369 e. The van der Waals surface area contributed by atoms with Gasteiger partial charge in [-0.15, -0.1) is 0 Å². The van der Waals surface area contributed by atoms with Crippen molar-refractivity contribution in [2.24, 2.45) is 14.1 Å². The minimum atomic E-state index is -0.862. The lowest BCUT2D eigenvalue weighted by molar-refractivity contribution is -0.144. The fourth-order valence-corrected chi connectivity index (χ4v) is 1.72. The van der Waals surface area contributed by atoms with Crippen LogP contribution in [-0.4, -0.2) is 31.5 Å². The molecule has 2 rings (SSSR count). The molecule has 128 valence electrons. The highest BCUT2D eigenvalue weighted by atomic mass is 16.7. The summed E-state index contributed by atoms with van der Waals surface area (Å²) in [6, 6.07) is 0. The molecule has 0 radical (unpaired) electrons. The van der Waals surface area contributed by atoms with E-state index in [1.54, 1.807) is 33.4 Å². The van der Waals surface area contributed by atoms with Crippen LogP contribution in [0.2, 0.25) is 0 Å². The molecule has 0 saturated heterocycles. The van der Waals surface area contributed by atoms with Crippen molar-refractivity contribution in [2.75, 3.05) is 11.0 Å². The van der Waals surface area contributed by atoms with Crippen LogP contribution in [0.3, 0.4) is 0 Å². The van der Waals surface area contributed by atoms with Gasteiger partial charge in [0.2, 0.25) is 0 Å². The lowest BCUT2D eigenvalue weighted by atomic mass is 10.2. The molecule has 10 nitrogen and oxygen atoms in total. The van der Waals surface area contributed by atoms with E-state index < -0.39 is 11.9 Å². The molecule has 0 fully saturated rings. The average molecular weight is 334 g/mol. The number of nitrogens with zero attached hydrogens (tertiary/aromatic N) is 4. The summed E-state index contributed by atoms with van der Waals surface area (Å²) in [5.74, 6) is -1.72. The van der Waals surface area contributed by atoms with Gasteiger partial charge in [-0.1, -0.05) is 13.0 Å². The van der Waals surface area contributed by atoms with Crippen molar-refractivity contribution in [3.63, 3.8) is 0 Å². The number of hydrogen-bond acceptors (Lipinski definition) is 8. The number of carbonyl (C=O) groups is 2. The molecule has 2 N–H and O–H groups in total. The number of allylic oxidation sites excluding steroid dienone is 1. The molecule has 0 aliphatic heterocycles. The summed E-state index contributed by atoms with van der Waals surface area (Å²) < 4.78 is 3.07. The predicted octanol–water partition coefficient (Wildman–Crippen LogP) is 0.930. The number of carbonyl (C=O) groups excluding carboxylic acids is 2. The van der Waals surface area contributed by atoms with Gasteiger partial charge in [0.1, 0.15) is 16.9 Å². The normalized spacial score (nSPS) is 9.96. The van der Waals surface area contributed by atoms with Crippen molar-refractivity contribution in [3.8, 4) is 0 Å². The molecule has 2 heterocycles. The average Bonchev–Trinajstić information content (AvgIpc) is 3.16. The molecule has 0 aromatic carbocycles. The van der Waals surface area contributed by atoms with Crippen LogP contribution in [0.1, 0.15) is 13.3 Å². The highest BCUT2D eigenvalue weighted by Crippen LogP contribution is 2.09. The Kier molecular flexibility index (Phi) is 5.55. The van der Waals surface area contributed by atoms with Gasteiger partial charge in [-0.25, -0.2) is 20.5 Å². The van der Waals surface area contributed by atoms with Gasteiger partial charge < -0.3 is 9.68 Å². The molecule has 2 aromatic heterocycles. The van der Waals surface area contributed by atoms with Crippen LogP contribution in [0.4, 0.5) is 11.4 Å². The molecular weight excluding hydrogens is 316 g/mol. The Morgan fingerprint density at radius 1 is 1.04 bits per heavy atom. The van der Waals surface area contributed by atoms with E-state index in [0.29, 0.717) is 17.8 Å². The van der Waals surface area contributed by atoms with Crippen LogP contribution in [0.5, 0.6) is 0 Å². The first-order chi connectivity index (χ1) is 11.5. The predicted molar refractivity (Wildman–Crippen MR) is 84.2 cm³/mol. The molecule has 10 heteroatoms. The molecule has 0 aliphatic carbocycles. The Hall–Kier alpha value is -3.30. The fourth-order valence-electron chi connectivity index (χ4n) is 1.72. The highest BCUT2D eigenvalue weighted by Gasteiger charge is 2.22. The van der Waals surface area contributed by atoms with Gasteiger partial charge in [-0.2, -0.15) is 10.2 Å². The van der Waals surface area contributed by atoms with Crippen LogP contribution < -0.4 is 11.0 Å². The third-order valence-corrected chi connectivity index (χ3v) is 2.78. The van der Waals surface area contributed by atoms with Crippen LogP contribution >= 0.6 is 0 Å². The zero-order valence-corrected chi connectivity index (χ0v) is 13.5. The van der Waals surface area contributed by atoms with Crippen molar-refractivity contribution < 1.29 is 19.3 Å². The van der Waals surface area contributed by atoms with E-state index in [1.165, 1.54) is 27.8 Å². The Bertz CT molecular complexity index is 690. The van der Waals surface area contributed by atoms with Crippen molar-refractivity contribution in [1.29, 1.82) is 0 Å². The number of anilines is 2. The van der Waals surface area contributed by atoms with E-state index in [4.69, 9.17) is 9.68 Å². The van der Waals surface area contributed by atoms with Gasteiger partial charge in [0.25, 0.3) is 0 Å². The molecule has 0 bridgehead atoms. The van der Waals surface area contributed by atoms with Gasteiger partial charge in [-0.3, -0.25) is 9.36 Å². The third kappa shape index (κ3) is 4.60. The minimum absolute atomic E-state index is 0.231. The van der Waals surface area contributed by atoms with E-state index in [9.17, 15) is 9.59 Å². The summed E-state index contributed by atoms with van der Waals surface area (Å²) in [7, 11) is 3.44. The summed E-state index contributed by atoms with van der Waals surface area (Å²) in [5, 5.41) is 7.83. The van der Waals surface area contributed by atoms with E-state index in [-0.39, 0.29) is 5.57 Å². The van der Waals surface area contributed by atoms with Crippen molar-refractivity contribution in [1.82, 2.24) is 19.6 Å². The molecule has 24 heavy (non-hydrogen) atoms. The number of rotatable bonds is 7. The maximum absolute atomic E-state index is 12.0. The second-order valence-corrected chi connectivity index (χ2v) is 4.81. The van der Waals surface area contributed by atoms with Gasteiger partial charge in [-0.05, 0) is 6.42 Å². The Morgan fingerprint density at radius 3 is 1.83 bits per heavy atom. The molecule has 0 saturated carbocycles. The SMILES string of the molecule is CCC=C(C(=O)ONc1cnn(C)c1)C(=O)ONc1cnn(C)c1. The first-order valence-corrected chi connectivity index (χ1v) is 7.11. The second-order valence-electron chi connectivity index (χ2n) is 4.81. The molecule has 2 aromatic rings. The maximum atomic E-state index is 12.0. The molecule has 0 unspecified atom stereocenters. The van der Waals surface area contributed by atoms with E-state index in [0.717, 1.165) is 0 Å². The summed E-state index contributed by atoms with van der Waals surface area (Å²) in [6.07, 6.45) is 8.04. The molecule has 0 atom stereocenters. The Morgan fingerprint density at radius 2 is 1.50 bits per heavy atom. The van der Waals surface area contributed by atoms with Gasteiger partial charge in [0, 0.05) is 14.1 Å². The van der Waals surface area contributed by atoms with Gasteiger partial charge in [0.05, 0.1) is 24.8 Å². The molecule has 0 amide bonds. The monoisotopic (exact) mass is 334 g/mol. The number of hydrogen-bond donors (Lipinski definition) is 2. The molecule has 0 aliphatic rings. The van der Waals surface area contributed by atoms with E-state index >= 15 is 0 Å². The first kappa shape index (κ1) is 17.1. The second kappa shape index (κ2) is 7.81. The minimum Gasteiger partial charge on any atom is -0.338 e. The van der Waals surface area contributed by atoms with E-state index in [2.05, 4.69) is 21.2 Å². The smallest absolute Gasteiger partial charge is 0.338 e. The van der Waals surface area contributed by atoms with Crippen LogP contribution in [0.25, 0.3) is 0 Å². The lowest BCUT2D eigenvalue weighted by Gasteiger charge is -2.08. The lowest BCUT2D eigenvalue weighted by Crippen LogP contribution is -2.22. The topological polar surface area (TPSA) is 112 Å². The summed E-state index contributed by atoms with van der Waals surface area (Å²) in [4.78, 5) is 33.8. The van der Waals surface area contributed by atoms with E-state index in [1.807, 2.05) is 0 Å². The number of nitrogens with one attached hydrogen (secondary N) is 2. The van der Waals surface area contributed by atoms with Crippen molar-refractivity contribution >= 4 is 23.3 Å². The van der Waals surface area contributed by atoms with Crippen molar-refractivity contribution in [2.45, 2.75) is 13.3 Å². The number of aryl methyl sites for hydroxylation is 2. The van der Waals surface area contributed by atoms with Crippen molar-refractivity contribution in [3.05, 3.63) is 36.4 Å². The Balaban J connectivity index is 1.92. The summed E-state index contributed by atoms with van der Waals surface area (Å²) in [6.45, 7) is 1.78. The quantitative estimate of drug-likeness (QED) is 0.333. The zero-order valence-electron chi connectivity index (χ0n) is 13.5. The molecule has 0 spiro atoms. The summed E-state index contributed by atoms with van der Waals surface area (Å²) in [5.41, 5.74) is 5.56. The fraction of sp³-hybridized carbons (Fsp3) is 0.286. The van der Waals surface area contributed by atoms with Gasteiger partial charge in [0.15, 0.2) is 0 Å². The first-order valence-electron chi connectivity index (χ1n) is 7.11. The number of aromatic nitrogens is 4. The standard InChI is InChI=1S/C14H18N6O4/c1-4-5-12(13(21)23-17-10-6-15-19(2)8-10)14(22)24-18-11-7-16-20(3)9-11/h5-9,17-18H,4H2,1-3H3. The molecular formula is C14H18N6O4. The van der Waals surface area contributed by atoms with Crippen LogP contribution in [0, 0.1) is 0 Å². The highest BCUT2D eigenvalue weighted by molar-refractivity contribution is 6.14.